The van der Waals surface area contributed by atoms with Crippen molar-refractivity contribution >= 4 is 19.0 Å². The van der Waals surface area contributed by atoms with E-state index < -0.39 is 24.7 Å². The third kappa shape index (κ3) is 2.98. The largest absolute Gasteiger partial charge is 0.480 e. The highest BCUT2D eigenvalue weighted by atomic mass is 16.4. The molecule has 0 spiro atoms. The van der Waals surface area contributed by atoms with Crippen LogP contribution in [0.1, 0.15) is 26.2 Å². The summed E-state index contributed by atoms with van der Waals surface area (Å²) in [6.07, 6.45) is 1.55. The first-order valence-corrected chi connectivity index (χ1v) is 7.70. The Balaban J connectivity index is 2.17. The SMILES string of the molecule is CC(N)C(=O)N1CC[C@@]2(C(=O)O)NCC1C2CCCB(O)O. The highest BCUT2D eigenvalue weighted by Gasteiger charge is 2.58. The smallest absolute Gasteiger partial charge is 0.451 e. The number of nitrogens with two attached hydrogens (primary N) is 1. The fourth-order valence-electron chi connectivity index (χ4n) is 3.79. The average molecular weight is 313 g/mol. The van der Waals surface area contributed by atoms with Gasteiger partial charge in [-0.1, -0.05) is 6.42 Å². The molecule has 0 aliphatic carbocycles. The number of nitrogens with one attached hydrogen (secondary N) is 1. The Bertz CT molecular complexity index is 447. The molecule has 0 saturated carbocycles. The maximum Gasteiger partial charge on any atom is 0.451 e. The summed E-state index contributed by atoms with van der Waals surface area (Å²) in [6, 6.07) is -0.822. The zero-order chi connectivity index (χ0) is 16.5. The Morgan fingerprint density at radius 1 is 1.50 bits per heavy atom. The van der Waals surface area contributed by atoms with Crippen LogP contribution in [0.5, 0.6) is 0 Å². The van der Waals surface area contributed by atoms with Crippen LogP contribution in [0.15, 0.2) is 0 Å². The van der Waals surface area contributed by atoms with Crippen molar-refractivity contribution in [2.45, 2.75) is 50.1 Å². The van der Waals surface area contributed by atoms with Crippen molar-refractivity contribution in [3.63, 3.8) is 0 Å². The first-order chi connectivity index (χ1) is 10.3. The molecule has 3 unspecified atom stereocenters. The van der Waals surface area contributed by atoms with Gasteiger partial charge in [-0.15, -0.1) is 0 Å². The number of fused-ring (bicyclic) bond motifs is 2. The molecule has 2 rings (SSSR count). The summed E-state index contributed by atoms with van der Waals surface area (Å²) in [4.78, 5) is 25.7. The van der Waals surface area contributed by atoms with Crippen LogP contribution in [0.25, 0.3) is 0 Å². The number of carbonyl (C=O) groups excluding carboxylic acids is 1. The lowest BCUT2D eigenvalue weighted by atomic mass is 9.72. The monoisotopic (exact) mass is 313 g/mol. The van der Waals surface area contributed by atoms with E-state index in [1.54, 1.807) is 11.8 Å². The highest BCUT2D eigenvalue weighted by Crippen LogP contribution is 2.41. The highest BCUT2D eigenvalue weighted by molar-refractivity contribution is 6.40. The van der Waals surface area contributed by atoms with Crippen LogP contribution in [-0.2, 0) is 9.59 Å². The van der Waals surface area contributed by atoms with Crippen molar-refractivity contribution in [1.82, 2.24) is 10.2 Å². The number of piperidine rings is 1. The van der Waals surface area contributed by atoms with Crippen LogP contribution < -0.4 is 11.1 Å². The minimum Gasteiger partial charge on any atom is -0.480 e. The lowest BCUT2D eigenvalue weighted by molar-refractivity contribution is -0.152. The van der Waals surface area contributed by atoms with Gasteiger partial charge in [-0.2, -0.15) is 0 Å². The second-order valence-electron chi connectivity index (χ2n) is 6.31. The van der Waals surface area contributed by atoms with E-state index in [9.17, 15) is 14.7 Å². The lowest BCUT2D eigenvalue weighted by Crippen LogP contribution is -2.61. The zero-order valence-corrected chi connectivity index (χ0v) is 12.7. The summed E-state index contributed by atoms with van der Waals surface area (Å²) in [5, 5.41) is 30.6. The molecular formula is C13H24BN3O5. The Morgan fingerprint density at radius 3 is 2.73 bits per heavy atom. The van der Waals surface area contributed by atoms with E-state index in [1.807, 2.05) is 0 Å². The normalized spacial score (nSPS) is 31.9. The predicted molar refractivity (Wildman–Crippen MR) is 79.9 cm³/mol. The zero-order valence-electron chi connectivity index (χ0n) is 12.7. The Hall–Kier alpha value is -1.16. The summed E-state index contributed by atoms with van der Waals surface area (Å²) in [6.45, 7) is 2.43. The van der Waals surface area contributed by atoms with Gasteiger partial charge in [0.05, 0.1) is 6.04 Å². The van der Waals surface area contributed by atoms with Crippen molar-refractivity contribution in [3.8, 4) is 0 Å². The molecule has 9 heteroatoms. The van der Waals surface area contributed by atoms with Gasteiger partial charge in [-0.3, -0.25) is 14.9 Å². The third-order valence-corrected chi connectivity index (χ3v) is 4.90. The van der Waals surface area contributed by atoms with Gasteiger partial charge < -0.3 is 25.8 Å². The molecule has 2 heterocycles. The van der Waals surface area contributed by atoms with Crippen molar-refractivity contribution in [3.05, 3.63) is 0 Å². The van der Waals surface area contributed by atoms with Gasteiger partial charge in [0.1, 0.15) is 5.54 Å². The number of aliphatic carboxylic acids is 1. The van der Waals surface area contributed by atoms with Gasteiger partial charge in [0.2, 0.25) is 5.91 Å². The minimum atomic E-state index is -1.39. The second kappa shape index (κ2) is 6.53. The van der Waals surface area contributed by atoms with E-state index >= 15 is 0 Å². The molecule has 0 aromatic rings. The number of carboxylic acids is 1. The summed E-state index contributed by atoms with van der Waals surface area (Å²) in [5.41, 5.74) is 4.65. The summed E-state index contributed by atoms with van der Waals surface area (Å²) in [5.74, 6) is -1.32. The molecule has 22 heavy (non-hydrogen) atoms. The van der Waals surface area contributed by atoms with Crippen LogP contribution in [0.4, 0.5) is 0 Å². The van der Waals surface area contributed by atoms with Crippen LogP contribution >= 0.6 is 0 Å². The molecule has 2 aliphatic heterocycles. The second-order valence-corrected chi connectivity index (χ2v) is 6.31. The van der Waals surface area contributed by atoms with E-state index in [-0.39, 0.29) is 24.2 Å². The van der Waals surface area contributed by atoms with Gasteiger partial charge >= 0.3 is 13.1 Å². The van der Waals surface area contributed by atoms with Gasteiger partial charge in [0.25, 0.3) is 0 Å². The summed E-state index contributed by atoms with van der Waals surface area (Å²) < 4.78 is 0. The molecule has 8 nitrogen and oxygen atoms in total. The molecule has 0 aromatic carbocycles. The first kappa shape index (κ1) is 17.2. The third-order valence-electron chi connectivity index (χ3n) is 4.90. The topological polar surface area (TPSA) is 136 Å². The molecule has 0 aromatic heterocycles. The lowest BCUT2D eigenvalue weighted by Gasteiger charge is -2.44. The fourth-order valence-corrected chi connectivity index (χ4v) is 3.79. The Labute approximate surface area is 129 Å². The number of amides is 1. The Kier molecular flexibility index (Phi) is 5.11. The number of rotatable bonds is 6. The van der Waals surface area contributed by atoms with Gasteiger partial charge in [-0.25, -0.2) is 0 Å². The van der Waals surface area contributed by atoms with Gasteiger partial charge in [0.15, 0.2) is 0 Å². The molecule has 2 bridgehead atoms. The average Bonchev–Trinajstić information content (AvgIpc) is 2.67. The van der Waals surface area contributed by atoms with Crippen molar-refractivity contribution in [1.29, 1.82) is 0 Å². The maximum atomic E-state index is 12.2. The van der Waals surface area contributed by atoms with E-state index in [1.165, 1.54) is 0 Å². The van der Waals surface area contributed by atoms with Crippen molar-refractivity contribution in [2.75, 3.05) is 13.1 Å². The number of carbonyl (C=O) groups is 2. The number of likely N-dealkylation sites (tertiary alicyclic amines) is 1. The number of carboxylic acid groups (broad SMARTS) is 1. The molecule has 6 N–H and O–H groups in total. The van der Waals surface area contributed by atoms with Gasteiger partial charge in [0, 0.05) is 25.0 Å². The van der Waals surface area contributed by atoms with Crippen LogP contribution in [0.2, 0.25) is 6.32 Å². The molecule has 124 valence electrons. The fraction of sp³-hybridized carbons (Fsp3) is 0.846. The van der Waals surface area contributed by atoms with E-state index in [0.717, 1.165) is 0 Å². The Morgan fingerprint density at radius 2 is 2.18 bits per heavy atom. The molecule has 1 amide bonds. The van der Waals surface area contributed by atoms with Gasteiger partial charge in [-0.05, 0) is 26.1 Å². The van der Waals surface area contributed by atoms with E-state index in [2.05, 4.69) is 5.32 Å². The van der Waals surface area contributed by atoms with Crippen molar-refractivity contribution < 1.29 is 24.7 Å². The predicted octanol–water partition coefficient (Wildman–Crippen LogP) is -1.77. The number of nitrogens with zero attached hydrogens (tertiary/aromatic N) is 1. The standard InChI is InChI=1S/C13H24BN3O5/c1-8(15)11(18)17-6-4-13(12(19)20)9(10(17)7-16-13)3-2-5-14(21)22/h8-10,16,21-22H,2-7,15H2,1H3,(H,19,20)/t8?,9?,10?,13-/m1/s1. The van der Waals surface area contributed by atoms with Crippen molar-refractivity contribution in [2.24, 2.45) is 11.7 Å². The number of hydrogen-bond donors (Lipinski definition) is 5. The summed E-state index contributed by atoms with van der Waals surface area (Å²) in [7, 11) is -1.39. The van der Waals surface area contributed by atoms with Crippen LogP contribution in [0, 0.1) is 5.92 Å². The molecule has 0 radical (unpaired) electrons. The van der Waals surface area contributed by atoms with E-state index in [4.69, 9.17) is 15.8 Å². The first-order valence-electron chi connectivity index (χ1n) is 7.70. The molecule has 2 saturated heterocycles. The number of hydrogen-bond acceptors (Lipinski definition) is 6. The van der Waals surface area contributed by atoms with E-state index in [0.29, 0.717) is 32.4 Å². The van der Waals surface area contributed by atoms with Crippen LogP contribution in [0.3, 0.4) is 0 Å². The quantitative estimate of drug-likeness (QED) is 0.366. The molecular weight excluding hydrogens is 289 g/mol. The molecule has 2 aliphatic rings. The molecule has 2 fully saturated rings. The minimum absolute atomic E-state index is 0.167. The van der Waals surface area contributed by atoms with Crippen LogP contribution in [-0.4, -0.2) is 69.8 Å². The molecule has 4 atom stereocenters. The summed E-state index contributed by atoms with van der Waals surface area (Å²) >= 11 is 0. The maximum absolute atomic E-state index is 12.2.